The van der Waals surface area contributed by atoms with Crippen LogP contribution in [0.15, 0.2) is 71.9 Å². The number of aliphatic hydroxyl groups is 3. The molecule has 440 valence electrons. The fraction of sp³-hybridized carbons (Fsp3) is 0.633. The number of phenolic OH excluding ortho intramolecular Hbond substituents is 1. The number of cyclic esters (lactones) is 1. The number of fused-ring (bicyclic) bond motifs is 2. The van der Waals surface area contributed by atoms with Gasteiger partial charge in [0.05, 0.1) is 30.8 Å². The molecule has 17 nitrogen and oxygen atoms in total. The number of hydrazine groups is 1. The van der Waals surface area contributed by atoms with E-state index in [0.717, 1.165) is 35.6 Å². The summed E-state index contributed by atoms with van der Waals surface area (Å²) in [6.07, 6.45) is 13.8. The van der Waals surface area contributed by atoms with Crippen molar-refractivity contribution in [1.82, 2.24) is 26.4 Å². The molecule has 4 amide bonds. The van der Waals surface area contributed by atoms with Gasteiger partial charge >= 0.3 is 5.97 Å². The Morgan fingerprint density at radius 2 is 1.71 bits per heavy atom. The van der Waals surface area contributed by atoms with Crippen molar-refractivity contribution >= 4 is 35.4 Å². The summed E-state index contributed by atoms with van der Waals surface area (Å²) in [5.74, 6) is -10.2. The Labute approximate surface area is 465 Å². The quantitative estimate of drug-likeness (QED) is 0.0394. The highest BCUT2D eigenvalue weighted by molar-refractivity contribution is 5.93. The number of rotatable bonds is 19. The third-order valence-corrected chi connectivity index (χ3v) is 15.7. The van der Waals surface area contributed by atoms with Gasteiger partial charge in [0.2, 0.25) is 17.7 Å². The number of phenols is 1. The van der Waals surface area contributed by atoms with E-state index in [1.165, 1.54) is 19.9 Å². The van der Waals surface area contributed by atoms with E-state index in [9.17, 15) is 58.0 Å². The molecule has 2 bridgehead atoms. The number of esters is 1. The number of hydrogen-bond acceptors (Lipinski definition) is 13. The molecule has 0 radical (unpaired) electrons. The van der Waals surface area contributed by atoms with E-state index in [1.54, 1.807) is 39.0 Å². The molecule has 3 heterocycles. The summed E-state index contributed by atoms with van der Waals surface area (Å²) in [6, 6.07) is -2.19. The number of benzene rings is 1. The maximum Gasteiger partial charge on any atom is 0.325 e. The van der Waals surface area contributed by atoms with E-state index in [2.05, 4.69) is 34.4 Å². The molecule has 79 heavy (non-hydrogen) atoms. The van der Waals surface area contributed by atoms with Gasteiger partial charge in [-0.2, -0.15) is 4.39 Å². The van der Waals surface area contributed by atoms with Crippen LogP contribution in [0.2, 0.25) is 0 Å². The number of ether oxygens (including phenoxy) is 2. The minimum Gasteiger partial charge on any atom is -0.505 e. The van der Waals surface area contributed by atoms with Gasteiger partial charge in [-0.05, 0) is 119 Å². The van der Waals surface area contributed by atoms with Crippen molar-refractivity contribution < 1.29 is 67.4 Å². The predicted octanol–water partition coefficient (Wildman–Crippen LogP) is 7.03. The van der Waals surface area contributed by atoms with Gasteiger partial charge in [-0.15, -0.1) is 0 Å². The molecule has 0 aliphatic carbocycles. The number of Topliss-reactive ketones (excluding diaryl/α,β-unsaturated/α-hetero) is 1. The minimum absolute atomic E-state index is 0.0188. The SMILES string of the molecule is CCC=C(C)C1(OCCC(O)C(C)CCC=CC=C(C)C2CC=CC=CC(O)C(C)C(O)C(CCC(C)=O)C(=O)NC(C(C)C)C(=O)NC(Cc3cc(O)c(F)c(F)c3)C(=O)N3CCCC(N3)C(=O)O2)NC(=O)C(CC)CC1C. The average Bonchev–Trinajstić information content (AvgIpc) is 3.40. The number of aromatic hydroxyl groups is 1. The van der Waals surface area contributed by atoms with Crippen LogP contribution in [0.25, 0.3) is 0 Å². The number of carbonyl (C=O) groups excluding carboxylic acids is 6. The monoisotopic (exact) mass is 1110 g/mol. The average molecular weight is 1110 g/mol. The molecule has 1 aromatic carbocycles. The molecule has 13 unspecified atom stereocenters. The summed E-state index contributed by atoms with van der Waals surface area (Å²) < 4.78 is 41.4. The van der Waals surface area contributed by atoms with E-state index in [4.69, 9.17) is 9.47 Å². The second-order valence-corrected chi connectivity index (χ2v) is 22.2. The molecule has 4 rings (SSSR count). The lowest BCUT2D eigenvalue weighted by Crippen LogP contribution is -2.62. The Morgan fingerprint density at radius 1 is 0.987 bits per heavy atom. The van der Waals surface area contributed by atoms with Crippen LogP contribution in [0.1, 0.15) is 145 Å². The van der Waals surface area contributed by atoms with Crippen molar-refractivity contribution in [2.75, 3.05) is 13.2 Å². The number of nitrogens with one attached hydrogen (secondary N) is 4. The van der Waals surface area contributed by atoms with Crippen molar-refractivity contribution in [3.63, 3.8) is 0 Å². The predicted molar refractivity (Wildman–Crippen MR) is 296 cm³/mol. The smallest absolute Gasteiger partial charge is 0.325 e. The molecule has 2 fully saturated rings. The number of halogens is 2. The summed E-state index contributed by atoms with van der Waals surface area (Å²) in [5, 5.41) is 53.8. The first-order valence-electron chi connectivity index (χ1n) is 28.2. The second kappa shape index (κ2) is 31.4. The molecule has 1 aromatic rings. The Bertz CT molecular complexity index is 2390. The number of allylic oxidation sites excluding steroid dienone is 6. The van der Waals surface area contributed by atoms with Crippen molar-refractivity contribution in [3.05, 3.63) is 89.1 Å². The van der Waals surface area contributed by atoms with Gasteiger partial charge in [0.15, 0.2) is 23.1 Å². The van der Waals surface area contributed by atoms with Crippen LogP contribution < -0.4 is 21.4 Å². The highest BCUT2D eigenvalue weighted by Crippen LogP contribution is 2.38. The van der Waals surface area contributed by atoms with Gasteiger partial charge in [0.1, 0.15) is 30.0 Å². The van der Waals surface area contributed by atoms with Crippen molar-refractivity contribution in [2.24, 2.45) is 35.5 Å². The molecule has 3 aliphatic rings. The normalized spacial score (nSPS) is 29.3. The van der Waals surface area contributed by atoms with Crippen LogP contribution >= 0.6 is 0 Å². The molecule has 8 N–H and O–H groups in total. The van der Waals surface area contributed by atoms with Crippen molar-refractivity contribution in [2.45, 2.75) is 195 Å². The molecule has 0 saturated carbocycles. The number of carbonyl (C=O) groups is 6. The maximum absolute atomic E-state index is 14.6. The lowest BCUT2D eigenvalue weighted by Gasteiger charge is -2.46. The third kappa shape index (κ3) is 18.7. The molecule has 3 aliphatic heterocycles. The number of aliphatic hydroxyl groups excluding tert-OH is 3. The van der Waals surface area contributed by atoms with E-state index in [-0.39, 0.29) is 73.8 Å². The van der Waals surface area contributed by atoms with Gasteiger partial charge < -0.3 is 50.6 Å². The molecule has 0 spiro atoms. The summed E-state index contributed by atoms with van der Waals surface area (Å²) >= 11 is 0. The van der Waals surface area contributed by atoms with Gasteiger partial charge in [0, 0.05) is 43.6 Å². The topological polar surface area (TPSA) is 253 Å². The van der Waals surface area contributed by atoms with E-state index < -0.39 is 114 Å². The highest BCUT2D eigenvalue weighted by atomic mass is 19.2. The summed E-state index contributed by atoms with van der Waals surface area (Å²) in [6.45, 7) is 18.4. The van der Waals surface area contributed by atoms with Crippen molar-refractivity contribution in [3.8, 4) is 5.75 Å². The van der Waals surface area contributed by atoms with Crippen LogP contribution in [0.4, 0.5) is 8.78 Å². The van der Waals surface area contributed by atoms with Gasteiger partial charge in [0.25, 0.3) is 5.91 Å². The van der Waals surface area contributed by atoms with Crippen LogP contribution in [0.3, 0.4) is 0 Å². The lowest BCUT2D eigenvalue weighted by atomic mass is 9.78. The van der Waals surface area contributed by atoms with Crippen molar-refractivity contribution in [1.29, 1.82) is 0 Å². The molecular formula is C60H89F2N5O12. The number of nitrogens with zero attached hydrogens (tertiary/aromatic N) is 1. The fourth-order valence-electron chi connectivity index (χ4n) is 10.4. The van der Waals surface area contributed by atoms with Crippen LogP contribution in [0, 0.1) is 47.1 Å². The summed E-state index contributed by atoms with van der Waals surface area (Å²) in [5.41, 5.74) is 3.58. The lowest BCUT2D eigenvalue weighted by molar-refractivity contribution is -0.156. The molecule has 0 aromatic heterocycles. The number of ketones is 1. The molecule has 19 heteroatoms. The largest absolute Gasteiger partial charge is 0.505 e. The highest BCUT2D eigenvalue weighted by Gasteiger charge is 2.47. The Balaban J connectivity index is 1.58. The van der Waals surface area contributed by atoms with E-state index in [0.29, 0.717) is 37.7 Å². The maximum atomic E-state index is 14.6. The van der Waals surface area contributed by atoms with Gasteiger partial charge in [-0.25, -0.2) is 9.82 Å². The zero-order valence-electron chi connectivity index (χ0n) is 47.9. The van der Waals surface area contributed by atoms with Crippen LogP contribution in [-0.2, 0) is 44.7 Å². The van der Waals surface area contributed by atoms with E-state index >= 15 is 0 Å². The van der Waals surface area contributed by atoms with Gasteiger partial charge in [-0.1, -0.05) is 97.1 Å². The first-order chi connectivity index (χ1) is 37.3. The molecule has 13 atom stereocenters. The first-order valence-corrected chi connectivity index (χ1v) is 28.2. The summed E-state index contributed by atoms with van der Waals surface area (Å²) in [4.78, 5) is 82.0. The number of amides is 4. The fourth-order valence-corrected chi connectivity index (χ4v) is 10.4. The number of hydrogen-bond donors (Lipinski definition) is 8. The molecular weight excluding hydrogens is 1020 g/mol. The zero-order valence-corrected chi connectivity index (χ0v) is 47.9. The van der Waals surface area contributed by atoms with Crippen LogP contribution in [-0.4, -0.2) is 122 Å². The molecule has 2 saturated heterocycles. The third-order valence-electron chi connectivity index (χ3n) is 15.7. The second-order valence-electron chi connectivity index (χ2n) is 22.2. The van der Waals surface area contributed by atoms with Crippen LogP contribution in [0.5, 0.6) is 5.75 Å². The number of piperidine rings is 1. The summed E-state index contributed by atoms with van der Waals surface area (Å²) in [7, 11) is 0. The Hall–Kier alpha value is -5.60. The van der Waals surface area contributed by atoms with E-state index in [1.807, 2.05) is 45.9 Å². The zero-order chi connectivity index (χ0) is 58.7. The Morgan fingerprint density at radius 3 is 2.37 bits per heavy atom. The Kier molecular flexibility index (Phi) is 26.2. The standard InChI is InChI=1S/C60H89F2N5O12/c1-11-20-38(7)60(39(8)31-43(12-2)55(73)65-60)78-30-28-48(69)36(5)21-15-13-16-22-37(6)51-25-18-14-17-24-49(70)41(10)54(72)44(27-26-40(9)68)56(74)64-53(35(3)4)57(75)63-47(33-42-32-45(61)52(62)50(71)34-42)58(76)67-29-19-23-46(66-67)59(77)79-51/h13-14,16-18,20,22,24,32,34-36,39,41,43-44,46-49,51,53-54,66,69-72H,11-12,15,19,21,23,25-31,33H2,1-10H3,(H,63,75)(H,64,74)(H,65,73). The minimum atomic E-state index is -1.52. The van der Waals surface area contributed by atoms with Gasteiger partial charge in [-0.3, -0.25) is 29.0 Å². The first kappa shape index (κ1) is 65.9.